The summed E-state index contributed by atoms with van der Waals surface area (Å²) in [6.07, 6.45) is 6.51. The summed E-state index contributed by atoms with van der Waals surface area (Å²) in [5.74, 6) is 0.998. The molecule has 0 amide bonds. The second kappa shape index (κ2) is 10.0. The van der Waals surface area contributed by atoms with Gasteiger partial charge in [0.1, 0.15) is 5.82 Å². The Bertz CT molecular complexity index is 2060. The van der Waals surface area contributed by atoms with Crippen LogP contribution >= 0.6 is 0 Å². The highest BCUT2D eigenvalue weighted by Gasteiger charge is 2.20. The molecule has 0 atom stereocenters. The number of imidazole rings is 1. The summed E-state index contributed by atoms with van der Waals surface area (Å²) in [5, 5.41) is 5.10. The van der Waals surface area contributed by atoms with Gasteiger partial charge in [0.15, 0.2) is 0 Å². The molecule has 42 heavy (non-hydrogen) atoms. The molecule has 0 N–H and O–H groups in total. The molecule has 2 nitrogen and oxygen atoms in total. The van der Waals surface area contributed by atoms with Gasteiger partial charge in [0.25, 0.3) is 0 Å². The van der Waals surface area contributed by atoms with Crippen LogP contribution in [0.15, 0.2) is 133 Å². The Morgan fingerprint density at radius 3 is 1.64 bits per heavy atom. The van der Waals surface area contributed by atoms with Gasteiger partial charge in [0, 0.05) is 11.3 Å². The number of aromatic nitrogens is 2. The number of rotatable bonds is 4. The van der Waals surface area contributed by atoms with Crippen molar-refractivity contribution in [2.24, 2.45) is 0 Å². The monoisotopic (exact) mass is 538 g/mol. The fourth-order valence-corrected chi connectivity index (χ4v) is 6.54. The van der Waals surface area contributed by atoms with E-state index in [2.05, 4.69) is 151 Å². The number of fused-ring (bicyclic) bond motifs is 3. The quantitative estimate of drug-likeness (QED) is 0.204. The molecule has 1 aliphatic rings. The molecule has 0 aliphatic heterocycles. The topological polar surface area (TPSA) is 17.8 Å². The lowest BCUT2D eigenvalue weighted by atomic mass is 9.86. The van der Waals surface area contributed by atoms with Crippen LogP contribution < -0.4 is 0 Å². The molecule has 0 radical (unpaired) electrons. The van der Waals surface area contributed by atoms with Crippen molar-refractivity contribution in [3.05, 3.63) is 150 Å². The van der Waals surface area contributed by atoms with E-state index in [0.29, 0.717) is 0 Å². The number of hydrogen-bond acceptors (Lipinski definition) is 1. The van der Waals surface area contributed by atoms with Gasteiger partial charge in [0.05, 0.1) is 11.4 Å². The zero-order valence-corrected chi connectivity index (χ0v) is 23.6. The molecule has 200 valence electrons. The van der Waals surface area contributed by atoms with Crippen molar-refractivity contribution in [1.29, 1.82) is 0 Å². The van der Waals surface area contributed by atoms with Crippen LogP contribution in [0.2, 0.25) is 0 Å². The van der Waals surface area contributed by atoms with Crippen molar-refractivity contribution in [2.75, 3.05) is 0 Å². The summed E-state index contributed by atoms with van der Waals surface area (Å²) in [4.78, 5) is 5.12. The van der Waals surface area contributed by atoms with Crippen molar-refractivity contribution >= 4 is 27.6 Å². The van der Waals surface area contributed by atoms with Crippen LogP contribution in [0, 0.1) is 6.92 Å². The van der Waals surface area contributed by atoms with Gasteiger partial charge in [0.2, 0.25) is 0 Å². The summed E-state index contributed by atoms with van der Waals surface area (Å²) in [5.41, 5.74) is 10.9. The first-order chi connectivity index (χ1) is 20.8. The summed E-state index contributed by atoms with van der Waals surface area (Å²) < 4.78 is 2.32. The maximum atomic E-state index is 5.12. The van der Waals surface area contributed by atoms with E-state index >= 15 is 0 Å². The second-order valence-corrected chi connectivity index (χ2v) is 11.2. The summed E-state index contributed by atoms with van der Waals surface area (Å²) in [7, 11) is 0. The summed E-state index contributed by atoms with van der Waals surface area (Å²) in [6.45, 7) is 2.14. The molecule has 0 saturated carbocycles. The zero-order valence-electron chi connectivity index (χ0n) is 23.6. The average molecular weight is 539 g/mol. The van der Waals surface area contributed by atoms with Gasteiger partial charge in [-0.25, -0.2) is 4.98 Å². The van der Waals surface area contributed by atoms with Gasteiger partial charge in [-0.15, -0.1) is 0 Å². The minimum absolute atomic E-state index is 0.974. The lowest BCUT2D eigenvalue weighted by Gasteiger charge is -2.18. The highest BCUT2D eigenvalue weighted by molar-refractivity contribution is 6.21. The van der Waals surface area contributed by atoms with E-state index in [9.17, 15) is 0 Å². The summed E-state index contributed by atoms with van der Waals surface area (Å²) in [6, 6.07) is 46.2. The van der Waals surface area contributed by atoms with E-state index in [1.165, 1.54) is 60.8 Å². The van der Waals surface area contributed by atoms with Crippen molar-refractivity contribution in [1.82, 2.24) is 9.55 Å². The maximum absolute atomic E-state index is 5.12. The molecule has 0 fully saturated rings. The van der Waals surface area contributed by atoms with E-state index in [4.69, 9.17) is 4.98 Å². The Morgan fingerprint density at radius 1 is 0.548 bits per heavy atom. The van der Waals surface area contributed by atoms with Crippen LogP contribution in [0.1, 0.15) is 23.4 Å². The SMILES string of the molecule is Cc1ccc(-c2c3ccccc3c(-c3ccc(-n4c(-c5ccccc5)nc5c4C=CCC5)cc3)c3ccccc23)cc1. The lowest BCUT2D eigenvalue weighted by Crippen LogP contribution is -2.02. The zero-order chi connectivity index (χ0) is 28.0. The molecule has 1 aromatic heterocycles. The third-order valence-corrected chi connectivity index (χ3v) is 8.53. The molecule has 2 heteroatoms. The Labute approximate surface area is 246 Å². The molecular weight excluding hydrogens is 508 g/mol. The predicted octanol–water partition coefficient (Wildman–Crippen LogP) is 10.4. The van der Waals surface area contributed by atoms with Gasteiger partial charge < -0.3 is 0 Å². The molecule has 0 spiro atoms. The molecular formula is C40H30N2. The minimum atomic E-state index is 0.974. The largest absolute Gasteiger partial charge is 0.293 e. The normalized spacial score (nSPS) is 12.6. The van der Waals surface area contributed by atoms with Crippen molar-refractivity contribution in [2.45, 2.75) is 19.8 Å². The van der Waals surface area contributed by atoms with E-state index < -0.39 is 0 Å². The van der Waals surface area contributed by atoms with Gasteiger partial charge in [-0.3, -0.25) is 4.57 Å². The van der Waals surface area contributed by atoms with Crippen molar-refractivity contribution in [3.8, 4) is 39.3 Å². The first-order valence-corrected chi connectivity index (χ1v) is 14.7. The summed E-state index contributed by atoms with van der Waals surface area (Å²) >= 11 is 0. The van der Waals surface area contributed by atoms with Crippen molar-refractivity contribution in [3.63, 3.8) is 0 Å². The molecule has 6 aromatic carbocycles. The molecule has 1 heterocycles. The van der Waals surface area contributed by atoms with Crippen LogP contribution in [0.25, 0.3) is 66.9 Å². The van der Waals surface area contributed by atoms with E-state index in [0.717, 1.165) is 29.9 Å². The number of hydrogen-bond donors (Lipinski definition) is 0. The third kappa shape index (κ3) is 3.99. The van der Waals surface area contributed by atoms with E-state index in [1.807, 2.05) is 0 Å². The molecule has 1 aliphatic carbocycles. The molecule has 7 aromatic rings. The van der Waals surface area contributed by atoms with Crippen LogP contribution in [0.3, 0.4) is 0 Å². The van der Waals surface area contributed by atoms with E-state index in [-0.39, 0.29) is 0 Å². The van der Waals surface area contributed by atoms with Crippen LogP contribution in [0.4, 0.5) is 0 Å². The van der Waals surface area contributed by atoms with Crippen LogP contribution in [0.5, 0.6) is 0 Å². The Kier molecular flexibility index (Phi) is 5.86. The smallest absolute Gasteiger partial charge is 0.145 e. The molecule has 0 unspecified atom stereocenters. The second-order valence-electron chi connectivity index (χ2n) is 11.2. The average Bonchev–Trinajstić information content (AvgIpc) is 3.44. The standard InChI is InChI=1S/C40H30N2/c1-27-19-21-28(22-20-27)38-32-13-5-7-15-34(32)39(35-16-8-6-14-33(35)38)29-23-25-31(26-24-29)42-37-18-10-9-17-36(37)41-40(42)30-11-3-2-4-12-30/h2-8,10-16,18-26H,9,17H2,1H3. The van der Waals surface area contributed by atoms with Crippen LogP contribution in [-0.2, 0) is 6.42 Å². The highest BCUT2D eigenvalue weighted by atomic mass is 15.1. The lowest BCUT2D eigenvalue weighted by molar-refractivity contribution is 0.936. The van der Waals surface area contributed by atoms with Gasteiger partial charge >= 0.3 is 0 Å². The number of nitrogens with zero attached hydrogens (tertiary/aromatic N) is 2. The molecule has 8 rings (SSSR count). The van der Waals surface area contributed by atoms with Gasteiger partial charge in [-0.1, -0.05) is 127 Å². The van der Waals surface area contributed by atoms with Gasteiger partial charge in [-0.05, 0) is 81.8 Å². The fraction of sp³-hybridized carbons (Fsp3) is 0.0750. The third-order valence-electron chi connectivity index (χ3n) is 8.53. The first-order valence-electron chi connectivity index (χ1n) is 14.7. The first kappa shape index (κ1) is 24.6. The molecule has 0 saturated heterocycles. The Balaban J connectivity index is 1.33. The Hall–Kier alpha value is -5.21. The maximum Gasteiger partial charge on any atom is 0.145 e. The Morgan fingerprint density at radius 2 is 1.07 bits per heavy atom. The minimum Gasteiger partial charge on any atom is -0.293 e. The number of benzene rings is 6. The van der Waals surface area contributed by atoms with E-state index in [1.54, 1.807) is 0 Å². The number of allylic oxidation sites excluding steroid dienone is 1. The highest BCUT2D eigenvalue weighted by Crippen LogP contribution is 2.44. The molecule has 0 bridgehead atoms. The van der Waals surface area contributed by atoms with Crippen molar-refractivity contribution < 1.29 is 0 Å². The predicted molar refractivity (Wildman–Crippen MR) is 177 cm³/mol. The van der Waals surface area contributed by atoms with Gasteiger partial charge in [-0.2, -0.15) is 0 Å². The fourth-order valence-electron chi connectivity index (χ4n) is 6.54. The van der Waals surface area contributed by atoms with Crippen LogP contribution in [-0.4, -0.2) is 9.55 Å². The number of aryl methyl sites for hydroxylation is 2.